The topological polar surface area (TPSA) is 75.6 Å². The summed E-state index contributed by atoms with van der Waals surface area (Å²) < 4.78 is 6.26. The fourth-order valence-corrected chi connectivity index (χ4v) is 1.38. The van der Waals surface area contributed by atoms with E-state index < -0.39 is 17.9 Å². The van der Waals surface area contributed by atoms with E-state index in [1.54, 1.807) is 12.1 Å². The second-order valence-electron chi connectivity index (χ2n) is 3.37. The van der Waals surface area contributed by atoms with Crippen LogP contribution in [0.5, 0.6) is 5.75 Å². The number of benzene rings is 1. The highest BCUT2D eigenvalue weighted by molar-refractivity contribution is 14.1. The molecule has 0 unspecified atom stereocenters. The Kier molecular flexibility index (Phi) is 5.20. The molecule has 0 saturated heterocycles. The van der Waals surface area contributed by atoms with Crippen LogP contribution in [0.1, 0.15) is 6.92 Å². The number of ether oxygens (including phenoxy) is 1. The molecule has 0 fully saturated rings. The molecule has 0 aliphatic carbocycles. The van der Waals surface area contributed by atoms with Gasteiger partial charge in [0.15, 0.2) is 6.61 Å². The summed E-state index contributed by atoms with van der Waals surface area (Å²) in [7, 11) is 0. The van der Waals surface area contributed by atoms with Gasteiger partial charge in [0, 0.05) is 3.57 Å². The number of halogens is 1. The van der Waals surface area contributed by atoms with Gasteiger partial charge in [0.2, 0.25) is 0 Å². The van der Waals surface area contributed by atoms with Crippen molar-refractivity contribution < 1.29 is 19.4 Å². The number of carboxylic acids is 1. The van der Waals surface area contributed by atoms with Gasteiger partial charge < -0.3 is 15.2 Å². The van der Waals surface area contributed by atoms with Gasteiger partial charge in [0.05, 0.1) is 0 Å². The highest BCUT2D eigenvalue weighted by Crippen LogP contribution is 2.13. The van der Waals surface area contributed by atoms with Crippen LogP contribution in [0.25, 0.3) is 0 Å². The molecule has 2 N–H and O–H groups in total. The number of amides is 1. The summed E-state index contributed by atoms with van der Waals surface area (Å²) in [6, 6.07) is 6.29. The molecule has 1 atom stereocenters. The number of hydrogen-bond donors (Lipinski definition) is 2. The molecule has 6 heteroatoms. The molecule has 0 aliphatic rings. The van der Waals surface area contributed by atoms with Crippen molar-refractivity contribution in [1.82, 2.24) is 5.32 Å². The summed E-state index contributed by atoms with van der Waals surface area (Å²) in [6.07, 6.45) is 0. The minimum Gasteiger partial charge on any atom is -0.484 e. The van der Waals surface area contributed by atoms with Crippen molar-refractivity contribution in [3.05, 3.63) is 27.8 Å². The first-order chi connectivity index (χ1) is 7.99. The first-order valence-electron chi connectivity index (χ1n) is 4.89. The van der Waals surface area contributed by atoms with Crippen LogP contribution in [0.15, 0.2) is 24.3 Å². The van der Waals surface area contributed by atoms with E-state index >= 15 is 0 Å². The molecule has 17 heavy (non-hydrogen) atoms. The number of hydrogen-bond acceptors (Lipinski definition) is 3. The van der Waals surface area contributed by atoms with Gasteiger partial charge in [-0.3, -0.25) is 9.59 Å². The second-order valence-corrected chi connectivity index (χ2v) is 4.62. The smallest absolute Gasteiger partial charge is 0.325 e. The van der Waals surface area contributed by atoms with Crippen molar-refractivity contribution in [3.63, 3.8) is 0 Å². The molecule has 92 valence electrons. The zero-order valence-corrected chi connectivity index (χ0v) is 11.3. The lowest BCUT2D eigenvalue weighted by molar-refractivity contribution is -0.141. The lowest BCUT2D eigenvalue weighted by atomic mass is 10.3. The summed E-state index contributed by atoms with van der Waals surface area (Å²) in [5.41, 5.74) is 0. The molecule has 1 amide bonds. The van der Waals surface area contributed by atoms with Gasteiger partial charge in [0.25, 0.3) is 5.91 Å². The Morgan fingerprint density at radius 3 is 2.53 bits per heavy atom. The molecule has 0 spiro atoms. The third kappa shape index (κ3) is 5.03. The van der Waals surface area contributed by atoms with Crippen LogP contribution in [0.3, 0.4) is 0 Å². The predicted octanol–water partition coefficient (Wildman–Crippen LogP) is 1.26. The Morgan fingerprint density at radius 2 is 2.00 bits per heavy atom. The Labute approximate surface area is 112 Å². The van der Waals surface area contributed by atoms with E-state index in [1.165, 1.54) is 6.92 Å². The molecule has 1 rings (SSSR count). The first kappa shape index (κ1) is 13.8. The summed E-state index contributed by atoms with van der Waals surface area (Å²) in [4.78, 5) is 21.8. The number of carboxylic acid groups (broad SMARTS) is 1. The van der Waals surface area contributed by atoms with Crippen molar-refractivity contribution in [2.45, 2.75) is 13.0 Å². The number of carbonyl (C=O) groups excluding carboxylic acids is 1. The molecule has 0 heterocycles. The third-order valence-electron chi connectivity index (χ3n) is 1.93. The fourth-order valence-electron chi connectivity index (χ4n) is 1.02. The van der Waals surface area contributed by atoms with Crippen molar-refractivity contribution in [1.29, 1.82) is 0 Å². The summed E-state index contributed by atoms with van der Waals surface area (Å²) >= 11 is 2.16. The summed E-state index contributed by atoms with van der Waals surface area (Å²) in [6.45, 7) is 1.20. The standard InChI is InChI=1S/C11H12INO4/c1-7(11(15)16)13-10(14)6-17-9-4-2-8(12)3-5-9/h2-5,7H,6H2,1H3,(H,13,14)(H,15,16)/t7-/m1/s1. The van der Waals surface area contributed by atoms with Crippen LogP contribution in [0, 0.1) is 3.57 Å². The maximum atomic E-state index is 11.3. The largest absolute Gasteiger partial charge is 0.484 e. The van der Waals surface area contributed by atoms with Gasteiger partial charge in [-0.25, -0.2) is 0 Å². The minimum absolute atomic E-state index is 0.196. The van der Waals surface area contributed by atoms with E-state index in [0.29, 0.717) is 5.75 Å². The Hall–Kier alpha value is -1.31. The number of carbonyl (C=O) groups is 2. The zero-order chi connectivity index (χ0) is 12.8. The SMILES string of the molecule is C[C@@H](NC(=O)COc1ccc(I)cc1)C(=O)O. The lowest BCUT2D eigenvalue weighted by Crippen LogP contribution is -2.40. The molecule has 5 nitrogen and oxygen atoms in total. The number of rotatable bonds is 5. The van der Waals surface area contributed by atoms with Gasteiger partial charge in [-0.15, -0.1) is 0 Å². The average molecular weight is 349 g/mol. The van der Waals surface area contributed by atoms with E-state index in [-0.39, 0.29) is 6.61 Å². The minimum atomic E-state index is -1.08. The van der Waals surface area contributed by atoms with E-state index in [0.717, 1.165) is 3.57 Å². The summed E-state index contributed by atoms with van der Waals surface area (Å²) in [5.74, 6) is -0.963. The van der Waals surface area contributed by atoms with Crippen LogP contribution in [0.2, 0.25) is 0 Å². The van der Waals surface area contributed by atoms with Crippen molar-refractivity contribution in [2.24, 2.45) is 0 Å². The molecule has 0 saturated carbocycles. The average Bonchev–Trinajstić information content (AvgIpc) is 2.28. The van der Waals surface area contributed by atoms with Gasteiger partial charge >= 0.3 is 5.97 Å². The first-order valence-corrected chi connectivity index (χ1v) is 5.97. The van der Waals surface area contributed by atoms with Gasteiger partial charge in [-0.1, -0.05) is 0 Å². The number of aliphatic carboxylic acids is 1. The van der Waals surface area contributed by atoms with E-state index in [4.69, 9.17) is 9.84 Å². The lowest BCUT2D eigenvalue weighted by Gasteiger charge is -2.10. The normalized spacial score (nSPS) is 11.6. The molecule has 0 aliphatic heterocycles. The summed E-state index contributed by atoms with van der Waals surface area (Å²) in [5, 5.41) is 10.9. The molecular formula is C11H12INO4. The van der Waals surface area contributed by atoms with Crippen molar-refractivity contribution >= 4 is 34.5 Å². The molecule has 1 aromatic rings. The third-order valence-corrected chi connectivity index (χ3v) is 2.65. The Balaban J connectivity index is 2.38. The fraction of sp³-hybridized carbons (Fsp3) is 0.273. The van der Waals surface area contributed by atoms with Gasteiger partial charge in [-0.05, 0) is 53.8 Å². The molecule has 1 aromatic carbocycles. The second kappa shape index (κ2) is 6.43. The number of nitrogens with one attached hydrogen (secondary N) is 1. The predicted molar refractivity (Wildman–Crippen MR) is 69.9 cm³/mol. The van der Waals surface area contributed by atoms with Crippen molar-refractivity contribution in [3.8, 4) is 5.75 Å². The van der Waals surface area contributed by atoms with Crippen LogP contribution in [-0.2, 0) is 9.59 Å². The van der Waals surface area contributed by atoms with Crippen LogP contribution in [0.4, 0.5) is 0 Å². The highest BCUT2D eigenvalue weighted by atomic mass is 127. The highest BCUT2D eigenvalue weighted by Gasteiger charge is 2.13. The Bertz CT molecular complexity index is 404. The quantitative estimate of drug-likeness (QED) is 0.785. The van der Waals surface area contributed by atoms with Crippen LogP contribution >= 0.6 is 22.6 Å². The monoisotopic (exact) mass is 349 g/mol. The molecular weight excluding hydrogens is 337 g/mol. The maximum absolute atomic E-state index is 11.3. The van der Waals surface area contributed by atoms with E-state index in [9.17, 15) is 9.59 Å². The van der Waals surface area contributed by atoms with E-state index in [1.807, 2.05) is 12.1 Å². The van der Waals surface area contributed by atoms with E-state index in [2.05, 4.69) is 27.9 Å². The van der Waals surface area contributed by atoms with Gasteiger partial charge in [0.1, 0.15) is 11.8 Å². The van der Waals surface area contributed by atoms with Crippen LogP contribution < -0.4 is 10.1 Å². The zero-order valence-electron chi connectivity index (χ0n) is 9.14. The molecule has 0 aromatic heterocycles. The Morgan fingerprint density at radius 1 is 1.41 bits per heavy atom. The maximum Gasteiger partial charge on any atom is 0.325 e. The van der Waals surface area contributed by atoms with Crippen molar-refractivity contribution in [2.75, 3.05) is 6.61 Å². The van der Waals surface area contributed by atoms with Gasteiger partial charge in [-0.2, -0.15) is 0 Å². The molecule has 0 bridgehead atoms. The van der Waals surface area contributed by atoms with Crippen LogP contribution in [-0.4, -0.2) is 29.6 Å². The molecule has 0 radical (unpaired) electrons.